The third-order valence-electron chi connectivity index (χ3n) is 3.91. The second-order valence-electron chi connectivity index (χ2n) is 5.75. The number of rotatable bonds is 6. The molecule has 7 heteroatoms. The van der Waals surface area contributed by atoms with E-state index in [0.29, 0.717) is 5.56 Å². The predicted molar refractivity (Wildman–Crippen MR) is 103 cm³/mol. The molecule has 0 aliphatic heterocycles. The molecule has 0 aliphatic carbocycles. The van der Waals surface area contributed by atoms with Gasteiger partial charge in [-0.2, -0.15) is 0 Å². The minimum atomic E-state index is -3.87. The Balaban J connectivity index is 1.86. The molecule has 3 aromatic carbocycles. The molecule has 0 saturated carbocycles. The number of ketones is 1. The summed E-state index contributed by atoms with van der Waals surface area (Å²) < 4.78 is 41.0. The number of carbonyl (C=O) groups is 1. The van der Waals surface area contributed by atoms with Crippen LogP contribution in [0, 0.1) is 5.82 Å². The number of hydrogen-bond donors (Lipinski definition) is 1. The number of halogens is 2. The third-order valence-corrected chi connectivity index (χ3v) is 5.60. The SMILES string of the molecule is O=C(CNS(=O)(=O)c1ccccc1)c1cc(-c2ccccc2)cc(Cl)c1F. The van der Waals surface area contributed by atoms with Gasteiger partial charge in [-0.15, -0.1) is 0 Å². The van der Waals surface area contributed by atoms with Gasteiger partial charge in [0.05, 0.1) is 22.0 Å². The van der Waals surface area contributed by atoms with Crippen LogP contribution in [0.2, 0.25) is 5.02 Å². The highest BCUT2D eigenvalue weighted by Gasteiger charge is 2.20. The standard InChI is InChI=1S/C20H15ClFNO3S/c21-18-12-15(14-7-3-1-4-8-14)11-17(20(18)22)19(24)13-23-27(25,26)16-9-5-2-6-10-16/h1-12,23H,13H2. The molecule has 0 spiro atoms. The van der Waals surface area contributed by atoms with E-state index in [4.69, 9.17) is 11.6 Å². The van der Waals surface area contributed by atoms with Gasteiger partial charge in [0.1, 0.15) is 0 Å². The molecule has 0 amide bonds. The van der Waals surface area contributed by atoms with Crippen LogP contribution in [0.25, 0.3) is 11.1 Å². The van der Waals surface area contributed by atoms with Crippen molar-refractivity contribution >= 4 is 27.4 Å². The van der Waals surface area contributed by atoms with Crippen LogP contribution < -0.4 is 4.72 Å². The Bertz CT molecular complexity index is 1070. The second kappa shape index (κ2) is 8.00. The summed E-state index contributed by atoms with van der Waals surface area (Å²) in [5.74, 6) is -1.59. The van der Waals surface area contributed by atoms with E-state index in [9.17, 15) is 17.6 Å². The largest absolute Gasteiger partial charge is 0.293 e. The molecule has 4 nitrogen and oxygen atoms in total. The van der Waals surface area contributed by atoms with Crippen molar-refractivity contribution in [3.63, 3.8) is 0 Å². The highest BCUT2D eigenvalue weighted by Crippen LogP contribution is 2.28. The third kappa shape index (κ3) is 4.42. The number of nitrogens with one attached hydrogen (secondary N) is 1. The summed E-state index contributed by atoms with van der Waals surface area (Å²) in [6, 6.07) is 19.5. The van der Waals surface area contributed by atoms with Crippen LogP contribution in [0.4, 0.5) is 4.39 Å². The van der Waals surface area contributed by atoms with Gasteiger partial charge in [0.15, 0.2) is 11.6 Å². The summed E-state index contributed by atoms with van der Waals surface area (Å²) in [6.45, 7) is -0.581. The zero-order valence-electron chi connectivity index (χ0n) is 14.0. The van der Waals surface area contributed by atoms with E-state index in [1.165, 1.54) is 24.3 Å². The molecule has 0 aliphatic rings. The van der Waals surface area contributed by atoms with Crippen LogP contribution in [0.3, 0.4) is 0 Å². The fourth-order valence-corrected chi connectivity index (χ4v) is 3.75. The van der Waals surface area contributed by atoms with E-state index in [2.05, 4.69) is 4.72 Å². The Morgan fingerprint density at radius 2 is 1.52 bits per heavy atom. The lowest BCUT2D eigenvalue weighted by molar-refractivity contribution is 0.0993. The lowest BCUT2D eigenvalue weighted by Gasteiger charge is -2.10. The molecule has 0 fully saturated rings. The van der Waals surface area contributed by atoms with Crippen LogP contribution in [-0.4, -0.2) is 20.7 Å². The quantitative estimate of drug-likeness (QED) is 0.624. The minimum absolute atomic E-state index is 0.0225. The van der Waals surface area contributed by atoms with Crippen LogP contribution >= 0.6 is 11.6 Å². The highest BCUT2D eigenvalue weighted by atomic mass is 35.5. The summed E-state index contributed by atoms with van der Waals surface area (Å²) in [7, 11) is -3.87. The van der Waals surface area contributed by atoms with Gasteiger partial charge in [-0.3, -0.25) is 4.79 Å². The van der Waals surface area contributed by atoms with E-state index in [1.54, 1.807) is 30.3 Å². The van der Waals surface area contributed by atoms with Gasteiger partial charge in [-0.1, -0.05) is 60.1 Å². The smallest absolute Gasteiger partial charge is 0.240 e. The normalized spacial score (nSPS) is 11.3. The van der Waals surface area contributed by atoms with E-state index in [0.717, 1.165) is 5.56 Å². The van der Waals surface area contributed by atoms with Crippen LogP contribution in [0.15, 0.2) is 77.7 Å². The predicted octanol–water partition coefficient (Wildman–Crippen LogP) is 4.31. The van der Waals surface area contributed by atoms with Crippen molar-refractivity contribution in [2.45, 2.75) is 4.90 Å². The highest BCUT2D eigenvalue weighted by molar-refractivity contribution is 7.89. The van der Waals surface area contributed by atoms with Gasteiger partial charge in [0.2, 0.25) is 10.0 Å². The zero-order valence-corrected chi connectivity index (χ0v) is 15.6. The number of sulfonamides is 1. The molecule has 0 aromatic heterocycles. The van der Waals surface area contributed by atoms with Gasteiger partial charge in [0.25, 0.3) is 0 Å². The van der Waals surface area contributed by atoms with Gasteiger partial charge < -0.3 is 0 Å². The van der Waals surface area contributed by atoms with Gasteiger partial charge in [0, 0.05) is 0 Å². The first kappa shape index (κ1) is 19.2. The monoisotopic (exact) mass is 403 g/mol. The first-order valence-electron chi connectivity index (χ1n) is 8.01. The molecule has 0 bridgehead atoms. The molecular formula is C20H15ClFNO3S. The van der Waals surface area contributed by atoms with Crippen molar-refractivity contribution in [2.24, 2.45) is 0 Å². The molecule has 0 radical (unpaired) electrons. The van der Waals surface area contributed by atoms with Crippen LogP contribution in [-0.2, 0) is 10.0 Å². The number of carbonyl (C=O) groups excluding carboxylic acids is 1. The summed E-state index contributed by atoms with van der Waals surface area (Å²) in [5.41, 5.74) is 1.06. The van der Waals surface area contributed by atoms with Crippen LogP contribution in [0.1, 0.15) is 10.4 Å². The molecule has 3 rings (SSSR count). The maximum atomic E-state index is 14.4. The maximum Gasteiger partial charge on any atom is 0.240 e. The molecular weight excluding hydrogens is 389 g/mol. The Kier molecular flexibility index (Phi) is 5.70. The molecule has 0 unspecified atom stereocenters. The number of hydrogen-bond acceptors (Lipinski definition) is 3. The number of benzene rings is 3. The Hall–Kier alpha value is -2.54. The molecule has 0 atom stereocenters. The van der Waals surface area contributed by atoms with Crippen molar-refractivity contribution in [3.8, 4) is 11.1 Å². The molecule has 3 aromatic rings. The molecule has 27 heavy (non-hydrogen) atoms. The average molecular weight is 404 g/mol. The van der Waals surface area contributed by atoms with Crippen molar-refractivity contribution in [1.29, 1.82) is 0 Å². The lowest BCUT2D eigenvalue weighted by atomic mass is 10.0. The Labute approximate surface area is 161 Å². The summed E-state index contributed by atoms with van der Waals surface area (Å²) in [6.07, 6.45) is 0. The first-order chi connectivity index (χ1) is 12.9. The fourth-order valence-electron chi connectivity index (χ4n) is 2.53. The van der Waals surface area contributed by atoms with Gasteiger partial charge >= 0.3 is 0 Å². The van der Waals surface area contributed by atoms with Crippen molar-refractivity contribution in [2.75, 3.05) is 6.54 Å². The molecule has 138 valence electrons. The zero-order chi connectivity index (χ0) is 19.4. The van der Waals surface area contributed by atoms with E-state index < -0.39 is 28.2 Å². The van der Waals surface area contributed by atoms with Crippen molar-refractivity contribution in [1.82, 2.24) is 4.72 Å². The minimum Gasteiger partial charge on any atom is -0.293 e. The van der Waals surface area contributed by atoms with Crippen molar-refractivity contribution in [3.05, 3.63) is 89.2 Å². The Morgan fingerprint density at radius 1 is 0.926 bits per heavy atom. The first-order valence-corrected chi connectivity index (χ1v) is 9.87. The number of Topliss-reactive ketones (excluding diaryl/α,β-unsaturated/α-hetero) is 1. The fraction of sp³-hybridized carbons (Fsp3) is 0.0500. The average Bonchev–Trinajstić information content (AvgIpc) is 2.69. The van der Waals surface area contributed by atoms with E-state index in [1.807, 2.05) is 18.2 Å². The van der Waals surface area contributed by atoms with Crippen LogP contribution in [0.5, 0.6) is 0 Å². The van der Waals surface area contributed by atoms with Gasteiger partial charge in [-0.25, -0.2) is 17.5 Å². The summed E-state index contributed by atoms with van der Waals surface area (Å²) in [4.78, 5) is 12.5. The second-order valence-corrected chi connectivity index (χ2v) is 7.92. The van der Waals surface area contributed by atoms with Crippen molar-refractivity contribution < 1.29 is 17.6 Å². The van der Waals surface area contributed by atoms with Gasteiger partial charge in [-0.05, 0) is 35.4 Å². The Morgan fingerprint density at radius 3 is 2.15 bits per heavy atom. The maximum absolute atomic E-state index is 14.4. The molecule has 1 N–H and O–H groups in total. The lowest BCUT2D eigenvalue weighted by Crippen LogP contribution is -2.30. The topological polar surface area (TPSA) is 63.2 Å². The summed E-state index contributed by atoms with van der Waals surface area (Å²) in [5, 5.41) is -0.203. The van der Waals surface area contributed by atoms with E-state index >= 15 is 0 Å². The molecule has 0 saturated heterocycles. The summed E-state index contributed by atoms with van der Waals surface area (Å²) >= 11 is 5.93. The van der Waals surface area contributed by atoms with E-state index in [-0.39, 0.29) is 15.5 Å². The molecule has 0 heterocycles.